The number of aromatic hydroxyl groups is 1. The first kappa shape index (κ1) is 13.1. The van der Waals surface area contributed by atoms with Gasteiger partial charge in [0.2, 0.25) is 0 Å². The highest BCUT2D eigenvalue weighted by atomic mass is 32.2. The Balaban J connectivity index is 1.97. The number of thioether (sulfide) groups is 1. The Labute approximate surface area is 112 Å². The molecule has 0 radical (unpaired) electrons. The van der Waals surface area contributed by atoms with Gasteiger partial charge in [-0.2, -0.15) is 11.8 Å². The third-order valence-electron chi connectivity index (χ3n) is 2.70. The van der Waals surface area contributed by atoms with Gasteiger partial charge in [0, 0.05) is 0 Å². The molecule has 0 aromatic heterocycles. The van der Waals surface area contributed by atoms with Gasteiger partial charge in [0.1, 0.15) is 11.5 Å². The lowest BCUT2D eigenvalue weighted by Gasteiger charge is -2.07. The largest absolute Gasteiger partial charge is 0.508 e. The smallest absolute Gasteiger partial charge is 0.119 e. The van der Waals surface area contributed by atoms with Crippen LogP contribution in [-0.4, -0.2) is 23.2 Å². The molecule has 0 saturated heterocycles. The van der Waals surface area contributed by atoms with Crippen molar-refractivity contribution in [1.82, 2.24) is 0 Å². The van der Waals surface area contributed by atoms with E-state index in [1.54, 1.807) is 12.1 Å². The van der Waals surface area contributed by atoms with Gasteiger partial charge in [-0.05, 0) is 53.0 Å². The van der Waals surface area contributed by atoms with Crippen LogP contribution in [0.4, 0.5) is 0 Å². The van der Waals surface area contributed by atoms with Gasteiger partial charge < -0.3 is 9.84 Å². The average Bonchev–Trinajstić information content (AvgIpc) is 2.38. The summed E-state index contributed by atoms with van der Waals surface area (Å²) >= 11 is 1.93. The van der Waals surface area contributed by atoms with Crippen LogP contribution in [-0.2, 0) is 0 Å². The third-order valence-corrected chi connectivity index (χ3v) is 3.69. The summed E-state index contributed by atoms with van der Waals surface area (Å²) < 4.78 is 5.71. The molecule has 2 rings (SSSR count). The lowest BCUT2D eigenvalue weighted by Crippen LogP contribution is -1.98. The molecule has 96 valence electrons. The Hall–Kier alpha value is -1.35. The van der Waals surface area contributed by atoms with Crippen molar-refractivity contribution < 1.29 is 9.84 Å². The maximum absolute atomic E-state index is 9.45. The third kappa shape index (κ3) is 3.57. The normalized spacial score (nSPS) is 10.7. The van der Waals surface area contributed by atoms with Crippen molar-refractivity contribution >= 4 is 22.5 Å². The number of hydrogen-bond donors (Lipinski definition) is 1. The Bertz CT molecular complexity index is 511. The summed E-state index contributed by atoms with van der Waals surface area (Å²) in [6, 6.07) is 11.3. The van der Waals surface area contributed by atoms with E-state index in [2.05, 4.69) is 6.92 Å². The van der Waals surface area contributed by atoms with Crippen molar-refractivity contribution in [2.45, 2.75) is 13.3 Å². The first-order valence-electron chi connectivity index (χ1n) is 6.23. The molecule has 18 heavy (non-hydrogen) atoms. The van der Waals surface area contributed by atoms with Gasteiger partial charge in [0.15, 0.2) is 0 Å². The molecule has 0 aliphatic heterocycles. The van der Waals surface area contributed by atoms with Crippen molar-refractivity contribution in [2.75, 3.05) is 18.1 Å². The number of fused-ring (bicyclic) bond motifs is 1. The van der Waals surface area contributed by atoms with Gasteiger partial charge in [0.05, 0.1) is 6.61 Å². The topological polar surface area (TPSA) is 29.5 Å². The van der Waals surface area contributed by atoms with Crippen molar-refractivity contribution in [2.24, 2.45) is 0 Å². The fraction of sp³-hybridized carbons (Fsp3) is 0.333. The average molecular weight is 262 g/mol. The maximum Gasteiger partial charge on any atom is 0.119 e. The second-order valence-corrected chi connectivity index (χ2v) is 5.49. The number of rotatable bonds is 6. The van der Waals surface area contributed by atoms with Gasteiger partial charge >= 0.3 is 0 Å². The molecular formula is C15H18O2S. The maximum atomic E-state index is 9.45. The molecule has 1 N–H and O–H groups in total. The van der Waals surface area contributed by atoms with E-state index in [-0.39, 0.29) is 0 Å². The number of phenols is 1. The molecular weight excluding hydrogens is 244 g/mol. The van der Waals surface area contributed by atoms with E-state index in [9.17, 15) is 5.11 Å². The van der Waals surface area contributed by atoms with Crippen molar-refractivity contribution in [3.8, 4) is 11.5 Å². The molecule has 0 aliphatic carbocycles. The van der Waals surface area contributed by atoms with E-state index in [1.165, 1.54) is 0 Å². The van der Waals surface area contributed by atoms with Crippen LogP contribution in [0.15, 0.2) is 36.4 Å². The standard InChI is InChI=1S/C15H18O2S/c1-2-18-9-3-8-17-15-7-5-12-4-6-14(16)10-13(12)11-15/h4-7,10-11,16H,2-3,8-9H2,1H3. The van der Waals surface area contributed by atoms with Crippen LogP contribution in [0.25, 0.3) is 10.8 Å². The van der Waals surface area contributed by atoms with Crippen LogP contribution < -0.4 is 4.74 Å². The molecule has 2 aromatic carbocycles. The van der Waals surface area contributed by atoms with Crippen molar-refractivity contribution in [3.63, 3.8) is 0 Å². The lowest BCUT2D eigenvalue weighted by atomic mass is 10.1. The summed E-state index contributed by atoms with van der Waals surface area (Å²) in [5.41, 5.74) is 0. The lowest BCUT2D eigenvalue weighted by molar-refractivity contribution is 0.319. The quantitative estimate of drug-likeness (QED) is 0.796. The molecule has 0 aliphatic rings. The van der Waals surface area contributed by atoms with Crippen LogP contribution in [0.1, 0.15) is 13.3 Å². The highest BCUT2D eigenvalue weighted by molar-refractivity contribution is 7.99. The van der Waals surface area contributed by atoms with Crippen LogP contribution >= 0.6 is 11.8 Å². The predicted molar refractivity (Wildman–Crippen MR) is 78.7 cm³/mol. The fourth-order valence-electron chi connectivity index (χ4n) is 1.80. The monoisotopic (exact) mass is 262 g/mol. The summed E-state index contributed by atoms with van der Waals surface area (Å²) in [6.07, 6.45) is 1.07. The predicted octanol–water partition coefficient (Wildman–Crippen LogP) is 4.07. The number of benzene rings is 2. The number of ether oxygens (including phenoxy) is 1. The molecule has 0 amide bonds. The molecule has 0 bridgehead atoms. The summed E-state index contributed by atoms with van der Waals surface area (Å²) in [5, 5.41) is 11.6. The molecule has 2 nitrogen and oxygen atoms in total. The summed E-state index contributed by atoms with van der Waals surface area (Å²) in [6.45, 7) is 2.92. The summed E-state index contributed by atoms with van der Waals surface area (Å²) in [7, 11) is 0. The van der Waals surface area contributed by atoms with Gasteiger partial charge in [-0.15, -0.1) is 0 Å². The summed E-state index contributed by atoms with van der Waals surface area (Å²) in [4.78, 5) is 0. The molecule has 3 heteroatoms. The van der Waals surface area contributed by atoms with Gasteiger partial charge in [-0.25, -0.2) is 0 Å². The molecule has 0 spiro atoms. The summed E-state index contributed by atoms with van der Waals surface area (Å²) in [5.74, 6) is 3.47. The van der Waals surface area contributed by atoms with Crippen LogP contribution in [0.2, 0.25) is 0 Å². The van der Waals surface area contributed by atoms with Crippen LogP contribution in [0, 0.1) is 0 Å². The van der Waals surface area contributed by atoms with Crippen LogP contribution in [0.5, 0.6) is 11.5 Å². The molecule has 0 fully saturated rings. The molecule has 0 heterocycles. The number of phenolic OH excluding ortho intramolecular Hbond substituents is 1. The Morgan fingerprint density at radius 3 is 2.78 bits per heavy atom. The van der Waals surface area contributed by atoms with Gasteiger partial charge in [-0.1, -0.05) is 19.1 Å². The van der Waals surface area contributed by atoms with E-state index in [4.69, 9.17) is 4.74 Å². The zero-order valence-electron chi connectivity index (χ0n) is 10.6. The Morgan fingerprint density at radius 1 is 1.11 bits per heavy atom. The second-order valence-electron chi connectivity index (χ2n) is 4.09. The minimum Gasteiger partial charge on any atom is -0.508 e. The van der Waals surface area contributed by atoms with Gasteiger partial charge in [0.25, 0.3) is 0 Å². The molecule has 0 atom stereocenters. The first-order chi connectivity index (χ1) is 8.79. The Morgan fingerprint density at radius 2 is 1.94 bits per heavy atom. The van der Waals surface area contributed by atoms with Crippen LogP contribution in [0.3, 0.4) is 0 Å². The molecule has 2 aromatic rings. The highest BCUT2D eigenvalue weighted by Gasteiger charge is 1.99. The van der Waals surface area contributed by atoms with E-state index >= 15 is 0 Å². The van der Waals surface area contributed by atoms with E-state index in [0.29, 0.717) is 5.75 Å². The van der Waals surface area contributed by atoms with Crippen molar-refractivity contribution in [3.05, 3.63) is 36.4 Å². The SMILES string of the molecule is CCSCCCOc1ccc2ccc(O)cc2c1. The minimum atomic E-state index is 0.291. The van der Waals surface area contributed by atoms with E-state index < -0.39 is 0 Å². The zero-order chi connectivity index (χ0) is 12.8. The zero-order valence-corrected chi connectivity index (χ0v) is 11.4. The number of hydrogen-bond acceptors (Lipinski definition) is 3. The highest BCUT2D eigenvalue weighted by Crippen LogP contribution is 2.24. The minimum absolute atomic E-state index is 0.291. The van der Waals surface area contributed by atoms with E-state index in [0.717, 1.165) is 41.1 Å². The first-order valence-corrected chi connectivity index (χ1v) is 7.38. The van der Waals surface area contributed by atoms with Crippen molar-refractivity contribution in [1.29, 1.82) is 0 Å². The second kappa shape index (κ2) is 6.55. The molecule has 0 unspecified atom stereocenters. The molecule has 0 saturated carbocycles. The Kier molecular flexibility index (Phi) is 4.76. The fourth-order valence-corrected chi connectivity index (χ4v) is 2.41. The van der Waals surface area contributed by atoms with E-state index in [1.807, 2.05) is 36.0 Å². The van der Waals surface area contributed by atoms with Gasteiger partial charge in [-0.3, -0.25) is 0 Å².